The van der Waals surface area contributed by atoms with Gasteiger partial charge in [0.25, 0.3) is 5.56 Å². The van der Waals surface area contributed by atoms with Crippen LogP contribution in [-0.4, -0.2) is 25.3 Å². The lowest BCUT2D eigenvalue weighted by atomic mass is 10.2. The molecule has 0 bridgehead atoms. The molecule has 1 aromatic carbocycles. The summed E-state index contributed by atoms with van der Waals surface area (Å²) in [6.45, 7) is 1.72. The predicted octanol–water partition coefficient (Wildman–Crippen LogP) is 2.73. The van der Waals surface area contributed by atoms with Gasteiger partial charge in [0.05, 0.1) is 15.5 Å². The highest BCUT2D eigenvalue weighted by molar-refractivity contribution is 9.10. The number of aromatic nitrogens is 3. The highest BCUT2D eigenvalue weighted by Crippen LogP contribution is 2.23. The minimum atomic E-state index is -1.36. The highest BCUT2D eigenvalue weighted by Gasteiger charge is 2.17. The van der Waals surface area contributed by atoms with Gasteiger partial charge in [0.15, 0.2) is 0 Å². The molecule has 118 valence electrons. The van der Waals surface area contributed by atoms with Gasteiger partial charge in [0, 0.05) is 23.6 Å². The number of rotatable bonds is 2. The predicted molar refractivity (Wildman–Crippen MR) is 89.9 cm³/mol. The van der Waals surface area contributed by atoms with Crippen LogP contribution in [-0.2, 0) is 11.2 Å². The van der Waals surface area contributed by atoms with Crippen LogP contribution in [0, 0.1) is 12.7 Å². The van der Waals surface area contributed by atoms with Gasteiger partial charge in [0.2, 0.25) is 0 Å². The molecule has 0 saturated heterocycles. The average Bonchev–Trinajstić information content (AvgIpc) is 2.51. The first kappa shape index (κ1) is 16.1. The first-order valence-corrected chi connectivity index (χ1v) is 8.92. The molecule has 0 N–H and O–H groups in total. The molecule has 2 aromatic heterocycles. The van der Waals surface area contributed by atoms with Crippen LogP contribution in [0.1, 0.15) is 5.56 Å². The van der Waals surface area contributed by atoms with Crippen molar-refractivity contribution in [1.29, 1.82) is 0 Å². The molecular formula is C15H11BrFN3O2S. The Hall–Kier alpha value is -1.77. The lowest BCUT2D eigenvalue weighted by Crippen LogP contribution is -2.21. The Morgan fingerprint density at radius 2 is 2.13 bits per heavy atom. The van der Waals surface area contributed by atoms with E-state index in [2.05, 4.69) is 25.9 Å². The van der Waals surface area contributed by atoms with Crippen LogP contribution in [0.5, 0.6) is 0 Å². The SMILES string of the molecule is Cc1cccc(F)c1-n1cc(Br)c2nc([S+](C)[O-])ncc2c1=O. The molecule has 23 heavy (non-hydrogen) atoms. The molecule has 0 aliphatic heterocycles. The molecule has 1 unspecified atom stereocenters. The molecule has 2 heterocycles. The zero-order valence-corrected chi connectivity index (χ0v) is 14.6. The van der Waals surface area contributed by atoms with E-state index in [0.29, 0.717) is 15.6 Å². The van der Waals surface area contributed by atoms with Crippen molar-refractivity contribution in [3.63, 3.8) is 0 Å². The van der Waals surface area contributed by atoms with Gasteiger partial charge in [-0.3, -0.25) is 9.36 Å². The summed E-state index contributed by atoms with van der Waals surface area (Å²) < 4.78 is 27.4. The summed E-state index contributed by atoms with van der Waals surface area (Å²) in [5, 5.41) is 0.355. The van der Waals surface area contributed by atoms with Gasteiger partial charge in [-0.25, -0.2) is 4.39 Å². The van der Waals surface area contributed by atoms with E-state index < -0.39 is 22.6 Å². The minimum Gasteiger partial charge on any atom is -0.609 e. The van der Waals surface area contributed by atoms with Gasteiger partial charge in [-0.1, -0.05) is 12.1 Å². The van der Waals surface area contributed by atoms with Crippen LogP contribution in [0.3, 0.4) is 0 Å². The summed E-state index contributed by atoms with van der Waals surface area (Å²) >= 11 is 1.98. The Morgan fingerprint density at radius 1 is 1.39 bits per heavy atom. The second-order valence-corrected chi connectivity index (χ2v) is 7.05. The first-order chi connectivity index (χ1) is 10.9. The maximum Gasteiger partial charge on any atom is 0.343 e. The molecule has 5 nitrogen and oxygen atoms in total. The lowest BCUT2D eigenvalue weighted by Gasteiger charge is -2.12. The van der Waals surface area contributed by atoms with Crippen LogP contribution in [0.4, 0.5) is 4.39 Å². The molecule has 0 aliphatic rings. The van der Waals surface area contributed by atoms with Gasteiger partial charge in [-0.15, -0.1) is 0 Å². The molecule has 0 spiro atoms. The van der Waals surface area contributed by atoms with E-state index in [0.717, 1.165) is 0 Å². The fourth-order valence-corrected chi connectivity index (χ4v) is 3.23. The molecule has 1 atom stereocenters. The Morgan fingerprint density at radius 3 is 2.78 bits per heavy atom. The first-order valence-electron chi connectivity index (χ1n) is 6.57. The Balaban J connectivity index is 2.36. The number of nitrogens with zero attached hydrogens (tertiary/aromatic N) is 3. The molecule has 0 fully saturated rings. The van der Waals surface area contributed by atoms with Crippen molar-refractivity contribution in [2.24, 2.45) is 0 Å². The van der Waals surface area contributed by atoms with E-state index in [-0.39, 0.29) is 16.2 Å². The molecule has 3 rings (SSSR count). The van der Waals surface area contributed by atoms with Crippen molar-refractivity contribution in [2.45, 2.75) is 12.1 Å². The number of aryl methyl sites for hydroxylation is 1. The molecule has 3 aromatic rings. The second kappa shape index (κ2) is 6.03. The summed E-state index contributed by atoms with van der Waals surface area (Å²) in [4.78, 5) is 20.8. The largest absolute Gasteiger partial charge is 0.609 e. The molecule has 0 aliphatic carbocycles. The van der Waals surface area contributed by atoms with E-state index in [1.165, 1.54) is 29.3 Å². The van der Waals surface area contributed by atoms with Crippen LogP contribution < -0.4 is 5.56 Å². The fraction of sp³-hybridized carbons (Fsp3) is 0.133. The normalized spacial score (nSPS) is 12.6. The Kier molecular flexibility index (Phi) is 4.22. The Labute approximate surface area is 142 Å². The standard InChI is InChI=1S/C15H11BrFN3O2S/c1-8-4-3-5-11(17)13(8)20-7-10(16)12-9(14(20)21)6-18-15(19-12)23(2)22/h3-7H,1-2H3. The molecular weight excluding hydrogens is 385 g/mol. The summed E-state index contributed by atoms with van der Waals surface area (Å²) in [6, 6.07) is 4.61. The number of para-hydroxylation sites is 1. The highest BCUT2D eigenvalue weighted by atomic mass is 79.9. The summed E-state index contributed by atoms with van der Waals surface area (Å²) in [6.07, 6.45) is 4.24. The van der Waals surface area contributed by atoms with Crippen LogP contribution in [0.2, 0.25) is 0 Å². The topological polar surface area (TPSA) is 70.8 Å². The zero-order chi connectivity index (χ0) is 16.7. The quantitative estimate of drug-likeness (QED) is 0.494. The lowest BCUT2D eigenvalue weighted by molar-refractivity contribution is 0.592. The third-order valence-electron chi connectivity index (χ3n) is 3.37. The van der Waals surface area contributed by atoms with Gasteiger partial charge in [0.1, 0.15) is 17.6 Å². The van der Waals surface area contributed by atoms with Gasteiger partial charge in [-0.05, 0) is 34.5 Å². The van der Waals surface area contributed by atoms with Gasteiger partial charge in [-0.2, -0.15) is 9.97 Å². The maximum absolute atomic E-state index is 14.2. The van der Waals surface area contributed by atoms with Crippen molar-refractivity contribution in [3.05, 3.63) is 56.8 Å². The minimum absolute atomic E-state index is 0.137. The zero-order valence-electron chi connectivity index (χ0n) is 12.2. The van der Waals surface area contributed by atoms with E-state index in [1.54, 1.807) is 19.1 Å². The van der Waals surface area contributed by atoms with E-state index in [4.69, 9.17) is 0 Å². The number of benzene rings is 1. The summed E-state index contributed by atoms with van der Waals surface area (Å²) in [5.74, 6) is -0.495. The molecule has 0 radical (unpaired) electrons. The third kappa shape index (κ3) is 2.77. The van der Waals surface area contributed by atoms with Gasteiger partial charge >= 0.3 is 5.16 Å². The average molecular weight is 396 g/mol. The number of hydrogen-bond acceptors (Lipinski definition) is 4. The molecule has 0 amide bonds. The van der Waals surface area contributed by atoms with E-state index in [9.17, 15) is 13.7 Å². The number of fused-ring (bicyclic) bond motifs is 1. The van der Waals surface area contributed by atoms with E-state index in [1.807, 2.05) is 0 Å². The number of halogens is 2. The van der Waals surface area contributed by atoms with Crippen LogP contribution in [0.25, 0.3) is 16.6 Å². The number of pyridine rings is 1. The summed E-state index contributed by atoms with van der Waals surface area (Å²) in [5.41, 5.74) is 0.721. The van der Waals surface area contributed by atoms with Crippen molar-refractivity contribution >= 4 is 38.0 Å². The number of hydrogen-bond donors (Lipinski definition) is 0. The molecule has 0 saturated carbocycles. The van der Waals surface area contributed by atoms with Crippen LogP contribution >= 0.6 is 15.9 Å². The van der Waals surface area contributed by atoms with Crippen molar-refractivity contribution < 1.29 is 8.94 Å². The van der Waals surface area contributed by atoms with Crippen molar-refractivity contribution in [2.75, 3.05) is 6.26 Å². The monoisotopic (exact) mass is 395 g/mol. The second-order valence-electron chi connectivity index (χ2n) is 4.93. The van der Waals surface area contributed by atoms with E-state index >= 15 is 0 Å². The Bertz CT molecular complexity index is 955. The maximum atomic E-state index is 14.2. The molecule has 8 heteroatoms. The fourth-order valence-electron chi connectivity index (χ4n) is 2.30. The van der Waals surface area contributed by atoms with Gasteiger partial charge < -0.3 is 4.55 Å². The third-order valence-corrected chi connectivity index (χ3v) is 4.66. The summed E-state index contributed by atoms with van der Waals surface area (Å²) in [7, 11) is 0. The van der Waals surface area contributed by atoms with Crippen molar-refractivity contribution in [3.8, 4) is 5.69 Å². The smallest absolute Gasteiger partial charge is 0.343 e. The van der Waals surface area contributed by atoms with Crippen molar-refractivity contribution in [1.82, 2.24) is 14.5 Å². The van der Waals surface area contributed by atoms with Crippen LogP contribution in [0.15, 0.2) is 45.0 Å².